The van der Waals surface area contributed by atoms with Crippen LogP contribution in [0.5, 0.6) is 0 Å². The molecule has 0 aromatic heterocycles. The van der Waals surface area contributed by atoms with Crippen LogP contribution in [-0.4, -0.2) is 47.0 Å². The highest BCUT2D eigenvalue weighted by molar-refractivity contribution is 7.80. The molecular formula is C17H38Cl2N4O2S2. The topological polar surface area (TPSA) is 71.8 Å². The van der Waals surface area contributed by atoms with Gasteiger partial charge in [0.15, 0.2) is 6.23 Å². The Kier molecular flexibility index (Phi) is 21.0. The number of hydrogen-bond acceptors (Lipinski definition) is 6. The van der Waals surface area contributed by atoms with Gasteiger partial charge in [0, 0.05) is 26.6 Å². The molecule has 0 aromatic carbocycles. The lowest BCUT2D eigenvalue weighted by atomic mass is 10.3. The Morgan fingerprint density at radius 2 is 1.48 bits per heavy atom. The van der Waals surface area contributed by atoms with E-state index in [9.17, 15) is 0 Å². The molecule has 2 unspecified atom stereocenters. The number of unbranched alkanes of at least 4 members (excludes halogenated alkanes) is 2. The molecule has 0 aliphatic heterocycles. The van der Waals surface area contributed by atoms with Crippen molar-refractivity contribution < 1.29 is 9.47 Å². The van der Waals surface area contributed by atoms with Crippen molar-refractivity contribution in [3.8, 4) is 0 Å². The lowest BCUT2D eigenvalue weighted by molar-refractivity contribution is -0.143. The molecule has 164 valence electrons. The van der Waals surface area contributed by atoms with Crippen LogP contribution < -0.4 is 16.4 Å². The molecule has 0 saturated heterocycles. The molecule has 0 aliphatic rings. The van der Waals surface area contributed by atoms with Gasteiger partial charge in [-0.2, -0.15) is 0 Å². The van der Waals surface area contributed by atoms with Gasteiger partial charge in [-0.25, -0.2) is 4.90 Å². The lowest BCUT2D eigenvalue weighted by Crippen LogP contribution is -2.61. The van der Waals surface area contributed by atoms with Crippen molar-refractivity contribution in [2.24, 2.45) is 5.73 Å². The number of nitrogens with two attached hydrogens (primary N) is 1. The molecule has 0 radical (unpaired) electrons. The Bertz CT molecular complexity index is 405. The summed E-state index contributed by atoms with van der Waals surface area (Å²) < 4.78 is 11.6. The van der Waals surface area contributed by atoms with Crippen molar-refractivity contribution in [1.29, 1.82) is 0 Å². The molecule has 0 rings (SSSR count). The van der Waals surface area contributed by atoms with Gasteiger partial charge in [-0.3, -0.25) is 5.73 Å². The molecule has 0 aliphatic carbocycles. The molecule has 0 bridgehead atoms. The zero-order chi connectivity index (χ0) is 19.3. The van der Waals surface area contributed by atoms with Crippen molar-refractivity contribution in [3.05, 3.63) is 0 Å². The van der Waals surface area contributed by atoms with Gasteiger partial charge >= 0.3 is 0 Å². The summed E-state index contributed by atoms with van der Waals surface area (Å²) in [6.45, 7) is 12.3. The third-order valence-corrected chi connectivity index (χ3v) is 4.12. The maximum atomic E-state index is 6.38. The van der Waals surface area contributed by atoms with Crippen LogP contribution in [0, 0.1) is 0 Å². The molecule has 6 nitrogen and oxygen atoms in total. The van der Waals surface area contributed by atoms with Gasteiger partial charge in [-0.1, -0.05) is 33.6 Å². The minimum absolute atomic E-state index is 0. The van der Waals surface area contributed by atoms with Crippen LogP contribution in [0.15, 0.2) is 0 Å². The van der Waals surface area contributed by atoms with Crippen molar-refractivity contribution in [2.45, 2.75) is 78.8 Å². The van der Waals surface area contributed by atoms with Crippen molar-refractivity contribution in [3.63, 3.8) is 0 Å². The number of rotatable bonds is 12. The average molecular weight is 466 g/mol. The van der Waals surface area contributed by atoms with Gasteiger partial charge in [-0.05, 0) is 50.6 Å². The van der Waals surface area contributed by atoms with E-state index >= 15 is 0 Å². The van der Waals surface area contributed by atoms with Crippen molar-refractivity contribution in [2.75, 3.05) is 19.6 Å². The highest BCUT2D eigenvalue weighted by Crippen LogP contribution is 2.16. The van der Waals surface area contributed by atoms with Gasteiger partial charge in [0.25, 0.3) is 10.3 Å². The van der Waals surface area contributed by atoms with Gasteiger partial charge < -0.3 is 20.1 Å². The Balaban J connectivity index is -0.00000288. The van der Waals surface area contributed by atoms with Crippen LogP contribution in [0.3, 0.4) is 0 Å². The molecule has 2 atom stereocenters. The quantitative estimate of drug-likeness (QED) is 0.228. The van der Waals surface area contributed by atoms with E-state index in [1.807, 2.05) is 11.8 Å². The normalized spacial score (nSPS) is 13.4. The highest BCUT2D eigenvalue weighted by atomic mass is 35.5. The Morgan fingerprint density at radius 3 is 1.93 bits per heavy atom. The van der Waals surface area contributed by atoms with Gasteiger partial charge in [0.2, 0.25) is 5.85 Å². The van der Waals surface area contributed by atoms with Gasteiger partial charge in [0.05, 0.1) is 0 Å². The number of hydrogen-bond donors (Lipinski definition) is 3. The molecule has 10 heteroatoms. The maximum Gasteiger partial charge on any atom is 0.259 e. The standard InChI is InChI=1S/C17H36N4O2S2.2ClH/c1-6-9-11-19-15(24)22-14(4)21(13-8-3)17(5,18)23-16(25)20-12-10-7-2;;/h14H,6-13,18H2,1-5H3,(H,19,24)(H,20,25);2*1H. The Morgan fingerprint density at radius 1 is 1.00 bits per heavy atom. The van der Waals surface area contributed by atoms with Gasteiger partial charge in [-0.15, -0.1) is 24.8 Å². The first-order valence-corrected chi connectivity index (χ1v) is 10.1. The molecule has 0 fully saturated rings. The molecule has 4 N–H and O–H groups in total. The first kappa shape index (κ1) is 31.6. The summed E-state index contributed by atoms with van der Waals surface area (Å²) in [4.78, 5) is 1.91. The van der Waals surface area contributed by atoms with Crippen LogP contribution in [0.2, 0.25) is 0 Å². The molecular weight excluding hydrogens is 427 g/mol. The summed E-state index contributed by atoms with van der Waals surface area (Å²) >= 11 is 10.5. The fourth-order valence-electron chi connectivity index (χ4n) is 2.28. The van der Waals surface area contributed by atoms with Crippen molar-refractivity contribution >= 4 is 59.6 Å². The van der Waals surface area contributed by atoms with E-state index in [4.69, 9.17) is 39.6 Å². The summed E-state index contributed by atoms with van der Waals surface area (Å²) in [5.74, 6) is -1.09. The minimum atomic E-state index is -1.09. The number of nitrogens with zero attached hydrogens (tertiary/aromatic N) is 1. The van der Waals surface area contributed by atoms with E-state index in [2.05, 4.69) is 31.4 Å². The zero-order valence-corrected chi connectivity index (χ0v) is 20.5. The molecule has 0 aromatic rings. The zero-order valence-electron chi connectivity index (χ0n) is 17.2. The second-order valence-electron chi connectivity index (χ2n) is 6.20. The van der Waals surface area contributed by atoms with Crippen molar-refractivity contribution in [1.82, 2.24) is 15.5 Å². The average Bonchev–Trinajstić information content (AvgIpc) is 2.52. The Hall–Kier alpha value is -0.120. The largest absolute Gasteiger partial charge is 0.452 e. The third kappa shape index (κ3) is 14.5. The van der Waals surface area contributed by atoms with Gasteiger partial charge in [0.1, 0.15) is 0 Å². The number of nitrogens with one attached hydrogen (secondary N) is 2. The summed E-state index contributed by atoms with van der Waals surface area (Å²) in [6, 6.07) is 0. The first-order valence-electron chi connectivity index (χ1n) is 9.25. The maximum absolute atomic E-state index is 6.38. The molecule has 0 amide bonds. The van der Waals surface area contributed by atoms with Crippen LogP contribution >= 0.6 is 49.2 Å². The van der Waals surface area contributed by atoms with E-state index in [1.54, 1.807) is 6.92 Å². The predicted molar refractivity (Wildman–Crippen MR) is 127 cm³/mol. The first-order chi connectivity index (χ1) is 11.8. The van der Waals surface area contributed by atoms with Crippen LogP contribution in [0.4, 0.5) is 0 Å². The fourth-order valence-corrected chi connectivity index (χ4v) is 2.79. The lowest BCUT2D eigenvalue weighted by Gasteiger charge is -2.41. The van der Waals surface area contributed by atoms with E-state index in [0.29, 0.717) is 16.9 Å². The number of halogens is 2. The molecule has 0 saturated carbocycles. The van der Waals surface area contributed by atoms with Crippen LogP contribution in [-0.2, 0) is 9.47 Å². The van der Waals surface area contributed by atoms with E-state index < -0.39 is 5.85 Å². The van der Waals surface area contributed by atoms with Crippen LogP contribution in [0.25, 0.3) is 0 Å². The molecule has 27 heavy (non-hydrogen) atoms. The van der Waals surface area contributed by atoms with E-state index in [0.717, 1.165) is 45.2 Å². The second-order valence-corrected chi connectivity index (χ2v) is 6.94. The monoisotopic (exact) mass is 464 g/mol. The predicted octanol–water partition coefficient (Wildman–Crippen LogP) is 3.90. The van der Waals surface area contributed by atoms with Crippen LogP contribution in [0.1, 0.15) is 66.7 Å². The molecule has 0 heterocycles. The fraction of sp³-hybridized carbons (Fsp3) is 0.882. The third-order valence-electron chi connectivity index (χ3n) is 3.65. The van der Waals surface area contributed by atoms with E-state index in [1.165, 1.54) is 0 Å². The summed E-state index contributed by atoms with van der Waals surface area (Å²) in [7, 11) is 0. The second kappa shape index (κ2) is 17.9. The summed E-state index contributed by atoms with van der Waals surface area (Å²) in [5.41, 5.74) is 6.38. The highest BCUT2D eigenvalue weighted by Gasteiger charge is 2.35. The Labute approximate surface area is 188 Å². The van der Waals surface area contributed by atoms with E-state index in [-0.39, 0.29) is 31.0 Å². The minimum Gasteiger partial charge on any atom is -0.452 e. The SMILES string of the molecule is CCCCNC(=S)OC(C)N(CCC)C(C)(N)OC(=S)NCCCC.Cl.Cl. The smallest absolute Gasteiger partial charge is 0.259 e. The number of thiocarbonyl (C=S) groups is 2. The summed E-state index contributed by atoms with van der Waals surface area (Å²) in [6.07, 6.45) is 4.83. The molecule has 0 spiro atoms. The summed E-state index contributed by atoms with van der Waals surface area (Å²) in [5, 5.41) is 6.85. The number of ether oxygens (including phenoxy) is 2.